The van der Waals surface area contributed by atoms with E-state index in [0.717, 1.165) is 12.8 Å². The zero-order chi connectivity index (χ0) is 19.3. The van der Waals surface area contributed by atoms with Crippen LogP contribution in [0.3, 0.4) is 0 Å². The van der Waals surface area contributed by atoms with Crippen molar-refractivity contribution in [2.75, 3.05) is 6.61 Å². The van der Waals surface area contributed by atoms with Gasteiger partial charge >= 0.3 is 12.1 Å². The fraction of sp³-hybridized carbons (Fsp3) is 0.579. The molecule has 26 heavy (non-hydrogen) atoms. The summed E-state index contributed by atoms with van der Waals surface area (Å²) < 4.78 is 11.0. The summed E-state index contributed by atoms with van der Waals surface area (Å²) in [4.78, 5) is 23.5. The van der Waals surface area contributed by atoms with Gasteiger partial charge < -0.3 is 19.9 Å². The molecule has 1 aromatic rings. The minimum Gasteiger partial charge on any atom is -0.493 e. The van der Waals surface area contributed by atoms with E-state index >= 15 is 0 Å². The third-order valence-corrected chi connectivity index (χ3v) is 4.37. The molecule has 0 aliphatic heterocycles. The lowest BCUT2D eigenvalue weighted by atomic mass is 9.86. The average Bonchev–Trinajstić information content (AvgIpc) is 2.45. The largest absolute Gasteiger partial charge is 0.493 e. The Kier molecular flexibility index (Phi) is 6.75. The van der Waals surface area contributed by atoms with Crippen LogP contribution in [0.1, 0.15) is 45.6 Å². The Labute approximate surface area is 158 Å². The van der Waals surface area contributed by atoms with E-state index in [2.05, 4.69) is 5.32 Å². The molecule has 1 atom stereocenters. The molecule has 2 rings (SSSR count). The molecule has 144 valence electrons. The van der Waals surface area contributed by atoms with Gasteiger partial charge in [-0.25, -0.2) is 9.59 Å². The second kappa shape index (κ2) is 8.62. The van der Waals surface area contributed by atoms with Gasteiger partial charge in [0, 0.05) is 11.4 Å². The molecule has 0 heterocycles. The molecular formula is C19H26ClNO5. The van der Waals surface area contributed by atoms with Gasteiger partial charge in [-0.3, -0.25) is 0 Å². The zero-order valence-electron chi connectivity index (χ0n) is 15.4. The summed E-state index contributed by atoms with van der Waals surface area (Å²) in [6.07, 6.45) is 2.81. The smallest absolute Gasteiger partial charge is 0.408 e. The van der Waals surface area contributed by atoms with E-state index in [1.165, 1.54) is 6.42 Å². The van der Waals surface area contributed by atoms with Crippen molar-refractivity contribution in [2.24, 2.45) is 5.92 Å². The van der Waals surface area contributed by atoms with Crippen LogP contribution >= 0.6 is 11.6 Å². The number of rotatable bonds is 7. The van der Waals surface area contributed by atoms with Crippen LogP contribution in [0.15, 0.2) is 18.2 Å². The van der Waals surface area contributed by atoms with E-state index in [4.69, 9.17) is 21.1 Å². The first-order chi connectivity index (χ1) is 12.1. The molecule has 2 N–H and O–H groups in total. The third kappa shape index (κ3) is 6.41. The highest BCUT2D eigenvalue weighted by atomic mass is 35.5. The van der Waals surface area contributed by atoms with Crippen LogP contribution in [0.5, 0.6) is 5.75 Å². The molecular weight excluding hydrogens is 358 g/mol. The Morgan fingerprint density at radius 3 is 2.58 bits per heavy atom. The lowest BCUT2D eigenvalue weighted by molar-refractivity contribution is -0.139. The molecule has 1 aromatic carbocycles. The van der Waals surface area contributed by atoms with Gasteiger partial charge in [-0.05, 0) is 63.3 Å². The Bertz CT molecular complexity index is 652. The number of carboxylic acid groups (broad SMARTS) is 1. The number of nitrogens with one attached hydrogen (secondary N) is 1. The van der Waals surface area contributed by atoms with Gasteiger partial charge in [0.15, 0.2) is 0 Å². The number of hydrogen-bond acceptors (Lipinski definition) is 4. The number of aliphatic carboxylic acids is 1. The van der Waals surface area contributed by atoms with E-state index in [9.17, 15) is 14.7 Å². The number of halogens is 1. The number of carbonyl (C=O) groups excluding carboxylic acids is 1. The summed E-state index contributed by atoms with van der Waals surface area (Å²) >= 11 is 6.06. The van der Waals surface area contributed by atoms with Gasteiger partial charge in [-0.15, -0.1) is 0 Å². The highest BCUT2D eigenvalue weighted by Crippen LogP contribution is 2.29. The van der Waals surface area contributed by atoms with E-state index in [1.807, 2.05) is 0 Å². The van der Waals surface area contributed by atoms with Crippen molar-refractivity contribution >= 4 is 23.7 Å². The van der Waals surface area contributed by atoms with Crippen molar-refractivity contribution in [3.8, 4) is 5.75 Å². The molecule has 0 unspecified atom stereocenters. The number of carbonyl (C=O) groups is 2. The molecule has 7 heteroatoms. The molecule has 1 aliphatic rings. The summed E-state index contributed by atoms with van der Waals surface area (Å²) in [6.45, 7) is 5.75. The standard InChI is InChI=1S/C19H26ClNO5/c1-19(2,3)26-18(24)21-15(17(22)23)10-13-9-14(20)7-8-16(13)25-11-12-5-4-6-12/h7-9,12,15H,4-6,10-11H2,1-3H3,(H,21,24)(H,22,23)/t15-/m0/s1. The minimum atomic E-state index is -1.15. The third-order valence-electron chi connectivity index (χ3n) is 4.13. The van der Waals surface area contributed by atoms with Crippen molar-refractivity contribution in [3.63, 3.8) is 0 Å². The molecule has 1 amide bonds. The molecule has 0 spiro atoms. The van der Waals surface area contributed by atoms with Crippen LogP contribution in [0, 0.1) is 5.92 Å². The molecule has 0 radical (unpaired) electrons. The summed E-state index contributed by atoms with van der Waals surface area (Å²) in [5.41, 5.74) is -0.0689. The zero-order valence-corrected chi connectivity index (χ0v) is 16.1. The average molecular weight is 384 g/mol. The Morgan fingerprint density at radius 1 is 1.35 bits per heavy atom. The summed E-state index contributed by atoms with van der Waals surface area (Å²) in [5.74, 6) is -0.00648. The maximum atomic E-state index is 11.9. The maximum Gasteiger partial charge on any atom is 0.408 e. The van der Waals surface area contributed by atoms with Gasteiger partial charge in [-0.1, -0.05) is 18.0 Å². The highest BCUT2D eigenvalue weighted by molar-refractivity contribution is 6.30. The predicted octanol–water partition coefficient (Wildman–Crippen LogP) is 4.04. The van der Waals surface area contributed by atoms with Crippen molar-refractivity contribution in [3.05, 3.63) is 28.8 Å². The predicted molar refractivity (Wildman–Crippen MR) is 98.8 cm³/mol. The van der Waals surface area contributed by atoms with Crippen molar-refractivity contribution in [1.29, 1.82) is 0 Å². The van der Waals surface area contributed by atoms with E-state index < -0.39 is 23.7 Å². The second-order valence-corrected chi connectivity index (χ2v) is 8.04. The fourth-order valence-corrected chi connectivity index (χ4v) is 2.78. The van der Waals surface area contributed by atoms with Gasteiger partial charge in [0.1, 0.15) is 17.4 Å². The number of hydrogen-bond donors (Lipinski definition) is 2. The molecule has 0 bridgehead atoms. The van der Waals surface area contributed by atoms with Gasteiger partial charge in [-0.2, -0.15) is 0 Å². The monoisotopic (exact) mass is 383 g/mol. The molecule has 0 saturated heterocycles. The lowest BCUT2D eigenvalue weighted by Crippen LogP contribution is -2.44. The first-order valence-corrected chi connectivity index (χ1v) is 9.15. The quantitative estimate of drug-likeness (QED) is 0.742. The summed E-state index contributed by atoms with van der Waals surface area (Å²) in [7, 11) is 0. The van der Waals surface area contributed by atoms with Crippen LogP contribution in [0.4, 0.5) is 4.79 Å². The Morgan fingerprint density at radius 2 is 2.04 bits per heavy atom. The topological polar surface area (TPSA) is 84.9 Å². The minimum absolute atomic E-state index is 0.0507. The number of ether oxygens (including phenoxy) is 2. The second-order valence-electron chi connectivity index (χ2n) is 7.60. The van der Waals surface area contributed by atoms with Crippen LogP contribution in [0.25, 0.3) is 0 Å². The number of carboxylic acids is 1. The molecule has 1 aliphatic carbocycles. The van der Waals surface area contributed by atoms with Gasteiger partial charge in [0.25, 0.3) is 0 Å². The van der Waals surface area contributed by atoms with Crippen molar-refractivity contribution < 1.29 is 24.2 Å². The fourth-order valence-electron chi connectivity index (χ4n) is 2.59. The van der Waals surface area contributed by atoms with Crippen LogP contribution in [0.2, 0.25) is 5.02 Å². The number of alkyl carbamates (subject to hydrolysis) is 1. The van der Waals surface area contributed by atoms with Crippen LogP contribution in [-0.4, -0.2) is 35.4 Å². The van der Waals surface area contributed by atoms with E-state index in [-0.39, 0.29) is 6.42 Å². The van der Waals surface area contributed by atoms with Crippen molar-refractivity contribution in [2.45, 2.75) is 58.1 Å². The first kappa shape index (κ1) is 20.4. The molecule has 0 aromatic heterocycles. The Hall–Kier alpha value is -1.95. The maximum absolute atomic E-state index is 11.9. The van der Waals surface area contributed by atoms with E-state index in [0.29, 0.717) is 28.9 Å². The first-order valence-electron chi connectivity index (χ1n) is 8.77. The molecule has 1 fully saturated rings. The number of benzene rings is 1. The van der Waals surface area contributed by atoms with Crippen LogP contribution < -0.4 is 10.1 Å². The number of amides is 1. The molecule has 6 nitrogen and oxygen atoms in total. The SMILES string of the molecule is CC(C)(C)OC(=O)N[C@@H](Cc1cc(Cl)ccc1OCC1CCC1)C(=O)O. The molecule has 1 saturated carbocycles. The van der Waals surface area contributed by atoms with Crippen molar-refractivity contribution in [1.82, 2.24) is 5.32 Å². The highest BCUT2D eigenvalue weighted by Gasteiger charge is 2.26. The lowest BCUT2D eigenvalue weighted by Gasteiger charge is -2.26. The van der Waals surface area contributed by atoms with Crippen LogP contribution in [-0.2, 0) is 16.0 Å². The Balaban J connectivity index is 2.07. The van der Waals surface area contributed by atoms with Gasteiger partial charge in [0.05, 0.1) is 6.61 Å². The summed E-state index contributed by atoms with van der Waals surface area (Å²) in [5, 5.41) is 12.3. The van der Waals surface area contributed by atoms with E-state index in [1.54, 1.807) is 39.0 Å². The normalized spacial score (nSPS) is 15.7. The van der Waals surface area contributed by atoms with Gasteiger partial charge in [0.2, 0.25) is 0 Å². The summed E-state index contributed by atoms with van der Waals surface area (Å²) in [6, 6.07) is 3.97.